The van der Waals surface area contributed by atoms with Crippen LogP contribution in [-0.2, 0) is 21.4 Å². The van der Waals surface area contributed by atoms with E-state index in [0.717, 1.165) is 23.9 Å². The van der Waals surface area contributed by atoms with Crippen molar-refractivity contribution in [3.05, 3.63) is 40.6 Å². The Morgan fingerprint density at radius 1 is 1.23 bits per heavy atom. The van der Waals surface area contributed by atoms with Crippen molar-refractivity contribution in [2.75, 3.05) is 46.0 Å². The quantitative estimate of drug-likeness (QED) is 0.480. The molecule has 1 saturated heterocycles. The summed E-state index contributed by atoms with van der Waals surface area (Å²) in [7, 11) is -0.573. The number of amides is 1. The molecule has 0 atom stereocenters. The molecule has 1 amide bonds. The summed E-state index contributed by atoms with van der Waals surface area (Å²) in [6.45, 7) is 4.08. The van der Waals surface area contributed by atoms with Crippen LogP contribution in [0.25, 0.3) is 11.1 Å². The first-order chi connectivity index (χ1) is 14.8. The normalized spacial score (nSPS) is 15.8. The Hall–Kier alpha value is -1.92. The van der Waals surface area contributed by atoms with Gasteiger partial charge in [0.2, 0.25) is 15.9 Å². The van der Waals surface area contributed by atoms with Gasteiger partial charge in [0.1, 0.15) is 5.52 Å². The number of hydrogen-bond donors (Lipinski definition) is 0. The standard InChI is InChI=1S/C20H24N4O4S3/c1-22(2)31(26,27)16-5-6-18-17(12-16)21-20(28-18)30-14-19(25)24-9-7-23(8-10-24)13-15-4-3-11-29-15/h3-6,11-12H,7-10,13-14H2,1-2H3. The van der Waals surface area contributed by atoms with Crippen LogP contribution in [0, 0.1) is 0 Å². The Balaban J connectivity index is 1.32. The van der Waals surface area contributed by atoms with Crippen LogP contribution < -0.4 is 0 Å². The van der Waals surface area contributed by atoms with Crippen LogP contribution >= 0.6 is 23.1 Å². The predicted molar refractivity (Wildman–Crippen MR) is 122 cm³/mol. The summed E-state index contributed by atoms with van der Waals surface area (Å²) < 4.78 is 31.4. The average molecular weight is 481 g/mol. The number of sulfonamides is 1. The highest BCUT2D eigenvalue weighted by atomic mass is 32.2. The first kappa shape index (κ1) is 22.3. The summed E-state index contributed by atoms with van der Waals surface area (Å²) >= 11 is 2.99. The number of carbonyl (C=O) groups excluding carboxylic acids is 1. The number of benzene rings is 1. The number of piperazine rings is 1. The minimum atomic E-state index is -3.54. The van der Waals surface area contributed by atoms with Crippen molar-refractivity contribution in [1.29, 1.82) is 0 Å². The second kappa shape index (κ2) is 9.29. The van der Waals surface area contributed by atoms with Gasteiger partial charge >= 0.3 is 0 Å². The zero-order valence-corrected chi connectivity index (χ0v) is 19.8. The van der Waals surface area contributed by atoms with Crippen LogP contribution in [0.2, 0.25) is 0 Å². The molecule has 0 bridgehead atoms. The minimum absolute atomic E-state index is 0.0545. The van der Waals surface area contributed by atoms with Crippen molar-refractivity contribution in [2.45, 2.75) is 16.7 Å². The van der Waals surface area contributed by atoms with Gasteiger partial charge in [-0.1, -0.05) is 17.8 Å². The Morgan fingerprint density at radius 2 is 2.00 bits per heavy atom. The van der Waals surface area contributed by atoms with Crippen LogP contribution in [0.1, 0.15) is 4.88 Å². The van der Waals surface area contributed by atoms with E-state index >= 15 is 0 Å². The SMILES string of the molecule is CN(C)S(=O)(=O)c1ccc2oc(SCC(=O)N3CCN(Cc4cccs4)CC3)nc2c1. The predicted octanol–water partition coefficient (Wildman–Crippen LogP) is 2.58. The van der Waals surface area contributed by atoms with E-state index in [9.17, 15) is 13.2 Å². The van der Waals surface area contributed by atoms with Gasteiger partial charge < -0.3 is 9.32 Å². The van der Waals surface area contributed by atoms with Gasteiger partial charge in [-0.2, -0.15) is 0 Å². The highest BCUT2D eigenvalue weighted by molar-refractivity contribution is 7.99. The van der Waals surface area contributed by atoms with Gasteiger partial charge in [-0.3, -0.25) is 9.69 Å². The lowest BCUT2D eigenvalue weighted by atomic mass is 10.3. The Labute approximate surface area is 189 Å². The molecular weight excluding hydrogens is 456 g/mol. The molecule has 0 saturated carbocycles. The summed E-state index contributed by atoms with van der Waals surface area (Å²) in [6, 6.07) is 8.78. The number of oxazole rings is 1. The maximum atomic E-state index is 12.6. The van der Waals surface area contributed by atoms with Gasteiger partial charge in [0.25, 0.3) is 5.22 Å². The summed E-state index contributed by atoms with van der Waals surface area (Å²) in [5.41, 5.74) is 0.954. The number of carbonyl (C=O) groups is 1. The van der Waals surface area contributed by atoms with Crippen LogP contribution in [0.4, 0.5) is 0 Å². The van der Waals surface area contributed by atoms with E-state index in [1.54, 1.807) is 17.4 Å². The molecule has 1 aliphatic heterocycles. The number of thiophene rings is 1. The van der Waals surface area contributed by atoms with Crippen LogP contribution in [0.15, 0.2) is 50.2 Å². The van der Waals surface area contributed by atoms with Crippen molar-refractivity contribution < 1.29 is 17.6 Å². The maximum absolute atomic E-state index is 12.6. The van der Waals surface area contributed by atoms with Gasteiger partial charge in [0.15, 0.2) is 5.58 Å². The molecule has 31 heavy (non-hydrogen) atoms. The molecular formula is C20H24N4O4S3. The first-order valence-electron chi connectivity index (χ1n) is 9.81. The molecule has 4 rings (SSSR count). The summed E-state index contributed by atoms with van der Waals surface area (Å²) in [4.78, 5) is 22.7. The molecule has 3 heterocycles. The van der Waals surface area contributed by atoms with Crippen molar-refractivity contribution in [2.24, 2.45) is 0 Å². The van der Waals surface area contributed by atoms with Crippen molar-refractivity contribution in [3.63, 3.8) is 0 Å². The fraction of sp³-hybridized carbons (Fsp3) is 0.400. The van der Waals surface area contributed by atoms with Gasteiger partial charge in [0, 0.05) is 51.7 Å². The first-order valence-corrected chi connectivity index (χ1v) is 13.1. The van der Waals surface area contributed by atoms with Crippen molar-refractivity contribution in [1.82, 2.24) is 19.1 Å². The summed E-state index contributed by atoms with van der Waals surface area (Å²) in [5.74, 6) is 0.291. The maximum Gasteiger partial charge on any atom is 0.257 e. The lowest BCUT2D eigenvalue weighted by Gasteiger charge is -2.34. The number of fused-ring (bicyclic) bond motifs is 1. The molecule has 1 aromatic carbocycles. The molecule has 1 fully saturated rings. The molecule has 2 aromatic heterocycles. The number of nitrogens with zero attached hydrogens (tertiary/aromatic N) is 4. The Morgan fingerprint density at radius 3 is 2.68 bits per heavy atom. The zero-order chi connectivity index (χ0) is 22.0. The number of hydrogen-bond acceptors (Lipinski definition) is 8. The molecule has 166 valence electrons. The third kappa shape index (κ3) is 5.12. The Kier molecular flexibility index (Phi) is 6.68. The molecule has 0 radical (unpaired) electrons. The molecule has 0 spiro atoms. The topological polar surface area (TPSA) is 87.0 Å². The second-order valence-electron chi connectivity index (χ2n) is 7.42. The molecule has 1 aliphatic rings. The molecule has 3 aromatic rings. The summed E-state index contributed by atoms with van der Waals surface area (Å²) in [5, 5.41) is 2.44. The molecule has 8 nitrogen and oxygen atoms in total. The van der Waals surface area contributed by atoms with Gasteiger partial charge in [-0.05, 0) is 29.6 Å². The highest BCUT2D eigenvalue weighted by Gasteiger charge is 2.23. The van der Waals surface area contributed by atoms with Crippen LogP contribution in [-0.4, -0.2) is 79.4 Å². The molecule has 0 aliphatic carbocycles. The van der Waals surface area contributed by atoms with Gasteiger partial charge in [0.05, 0.1) is 10.6 Å². The minimum Gasteiger partial charge on any atom is -0.431 e. The average Bonchev–Trinajstić information content (AvgIpc) is 3.41. The largest absolute Gasteiger partial charge is 0.431 e. The van der Waals surface area contributed by atoms with E-state index in [0.29, 0.717) is 29.4 Å². The zero-order valence-electron chi connectivity index (χ0n) is 17.4. The highest BCUT2D eigenvalue weighted by Crippen LogP contribution is 2.26. The fourth-order valence-electron chi connectivity index (χ4n) is 3.31. The van der Waals surface area contributed by atoms with Gasteiger partial charge in [-0.25, -0.2) is 17.7 Å². The third-order valence-electron chi connectivity index (χ3n) is 5.12. The third-order valence-corrected chi connectivity index (χ3v) is 8.61. The van der Waals surface area contributed by atoms with E-state index in [2.05, 4.69) is 27.4 Å². The van der Waals surface area contributed by atoms with Crippen LogP contribution in [0.3, 0.4) is 0 Å². The smallest absolute Gasteiger partial charge is 0.257 e. The van der Waals surface area contributed by atoms with E-state index in [1.807, 2.05) is 4.90 Å². The van der Waals surface area contributed by atoms with E-state index in [1.165, 1.54) is 42.9 Å². The molecule has 11 heteroatoms. The number of aromatic nitrogens is 1. The summed E-state index contributed by atoms with van der Waals surface area (Å²) in [6.07, 6.45) is 0. The van der Waals surface area contributed by atoms with E-state index in [4.69, 9.17) is 4.42 Å². The lowest BCUT2D eigenvalue weighted by molar-refractivity contribution is -0.130. The number of thioether (sulfide) groups is 1. The van der Waals surface area contributed by atoms with Gasteiger partial charge in [-0.15, -0.1) is 11.3 Å². The lowest BCUT2D eigenvalue weighted by Crippen LogP contribution is -2.48. The van der Waals surface area contributed by atoms with Crippen molar-refractivity contribution >= 4 is 50.1 Å². The van der Waals surface area contributed by atoms with E-state index in [-0.39, 0.29) is 16.6 Å². The molecule has 0 unspecified atom stereocenters. The van der Waals surface area contributed by atoms with E-state index < -0.39 is 10.0 Å². The monoisotopic (exact) mass is 480 g/mol. The number of rotatable bonds is 7. The molecule has 0 N–H and O–H groups in total. The Bertz CT molecular complexity index is 1150. The van der Waals surface area contributed by atoms with Crippen LogP contribution in [0.5, 0.6) is 0 Å². The van der Waals surface area contributed by atoms with Crippen molar-refractivity contribution in [3.8, 4) is 0 Å². The second-order valence-corrected chi connectivity index (χ2v) is 11.5. The fourth-order valence-corrected chi connectivity index (χ4v) is 5.72.